The van der Waals surface area contributed by atoms with E-state index in [0.717, 1.165) is 26.4 Å². The predicted octanol–water partition coefficient (Wildman–Crippen LogP) is 7.09. The number of hydrogen-bond acceptors (Lipinski definition) is 8. The Morgan fingerprint density at radius 3 is 2.54 bits per heavy atom. The summed E-state index contributed by atoms with van der Waals surface area (Å²) in [6, 6.07) is 24.8. The van der Waals surface area contributed by atoms with Crippen LogP contribution >= 0.6 is 27.3 Å². The van der Waals surface area contributed by atoms with Crippen LogP contribution in [0, 0.1) is 0 Å². The van der Waals surface area contributed by atoms with Crippen molar-refractivity contribution in [1.82, 2.24) is 4.57 Å². The fraction of sp³-hybridized carbons (Fsp3) is 0.237. The third-order valence-corrected chi connectivity index (χ3v) is 9.50. The number of benzene rings is 4. The molecule has 2 heterocycles. The van der Waals surface area contributed by atoms with Gasteiger partial charge in [0.1, 0.15) is 12.4 Å². The zero-order chi connectivity index (χ0) is 33.9. The van der Waals surface area contributed by atoms with E-state index in [1.54, 1.807) is 37.7 Å². The van der Waals surface area contributed by atoms with E-state index in [0.29, 0.717) is 50.0 Å². The quantitative estimate of drug-likeness (QED) is 0.143. The maximum absolute atomic E-state index is 14.1. The summed E-state index contributed by atoms with van der Waals surface area (Å²) in [6.07, 6.45) is 1.76. The topological polar surface area (TPSA) is 88.4 Å². The van der Waals surface area contributed by atoms with Crippen LogP contribution in [-0.2, 0) is 16.1 Å². The van der Waals surface area contributed by atoms with Gasteiger partial charge in [0.05, 0.1) is 46.1 Å². The van der Waals surface area contributed by atoms with Crippen LogP contribution in [-0.4, -0.2) is 30.4 Å². The number of allylic oxidation sites excluding steroid dienone is 1. The lowest BCUT2D eigenvalue weighted by Gasteiger charge is -2.25. The van der Waals surface area contributed by atoms with E-state index in [1.165, 1.54) is 11.3 Å². The Kier molecular flexibility index (Phi) is 9.84. The average molecular weight is 728 g/mol. The fourth-order valence-electron chi connectivity index (χ4n) is 5.76. The highest BCUT2D eigenvalue weighted by Gasteiger charge is 2.34. The standard InChI is InChI=1S/C38H35BrN2O6S/c1-6-45-37(43)34-23(4)40-38-41(35(34)26-15-17-31(47-22(2)3)32(20-26)44-5)36(42)33(48-38)19-24-14-16-30(29(39)18-24)46-21-27-12-9-11-25-10-7-8-13-28(25)27/h7-20,22,35H,6,21H2,1-5H3/b33-19-/t35-/m0/s1. The lowest BCUT2D eigenvalue weighted by Crippen LogP contribution is -2.40. The Labute approximate surface area is 290 Å². The van der Waals surface area contributed by atoms with Crippen molar-refractivity contribution in [2.24, 2.45) is 4.99 Å². The third-order valence-electron chi connectivity index (χ3n) is 7.90. The number of rotatable bonds is 10. The molecule has 0 radical (unpaired) electrons. The van der Waals surface area contributed by atoms with Gasteiger partial charge in [0.2, 0.25) is 0 Å². The summed E-state index contributed by atoms with van der Waals surface area (Å²) in [6.45, 7) is 7.97. The second-order valence-corrected chi connectivity index (χ2v) is 13.4. The van der Waals surface area contributed by atoms with Crippen molar-refractivity contribution in [2.75, 3.05) is 13.7 Å². The van der Waals surface area contributed by atoms with Gasteiger partial charge in [-0.05, 0) is 101 Å². The molecule has 0 bridgehead atoms. The minimum absolute atomic E-state index is 0.0653. The molecule has 48 heavy (non-hydrogen) atoms. The molecule has 246 valence electrons. The van der Waals surface area contributed by atoms with Gasteiger partial charge < -0.3 is 18.9 Å². The van der Waals surface area contributed by atoms with Crippen molar-refractivity contribution in [3.8, 4) is 17.2 Å². The molecule has 5 aromatic rings. The first-order chi connectivity index (χ1) is 23.2. The molecule has 0 fully saturated rings. The molecular formula is C38H35BrN2O6S. The Balaban J connectivity index is 1.36. The molecule has 4 aromatic carbocycles. The number of carbonyl (C=O) groups excluding carboxylic acids is 1. The van der Waals surface area contributed by atoms with E-state index >= 15 is 0 Å². The van der Waals surface area contributed by atoms with Gasteiger partial charge in [-0.3, -0.25) is 9.36 Å². The van der Waals surface area contributed by atoms with Crippen LogP contribution < -0.4 is 29.1 Å². The van der Waals surface area contributed by atoms with Crippen LogP contribution in [0.5, 0.6) is 17.2 Å². The first-order valence-corrected chi connectivity index (χ1v) is 17.2. The van der Waals surface area contributed by atoms with E-state index in [1.807, 2.05) is 62.4 Å². The molecule has 10 heteroatoms. The fourth-order valence-corrected chi connectivity index (χ4v) is 7.32. The molecular weight excluding hydrogens is 692 g/mol. The summed E-state index contributed by atoms with van der Waals surface area (Å²) in [7, 11) is 1.56. The molecule has 1 atom stereocenters. The number of ether oxygens (including phenoxy) is 4. The molecule has 0 aliphatic carbocycles. The first-order valence-electron chi connectivity index (χ1n) is 15.6. The van der Waals surface area contributed by atoms with E-state index in [4.69, 9.17) is 23.9 Å². The third kappa shape index (κ3) is 6.68. The molecule has 0 spiro atoms. The number of hydrogen-bond donors (Lipinski definition) is 0. The number of methoxy groups -OCH3 is 1. The largest absolute Gasteiger partial charge is 0.493 e. The van der Waals surface area contributed by atoms with Gasteiger partial charge in [-0.15, -0.1) is 0 Å². The van der Waals surface area contributed by atoms with Crippen LogP contribution in [0.25, 0.3) is 16.8 Å². The Hall–Kier alpha value is -4.67. The minimum atomic E-state index is -0.777. The molecule has 1 aliphatic rings. The zero-order valence-electron chi connectivity index (χ0n) is 27.3. The highest BCUT2D eigenvalue weighted by molar-refractivity contribution is 9.10. The number of halogens is 1. The maximum atomic E-state index is 14.1. The highest BCUT2D eigenvalue weighted by atomic mass is 79.9. The second kappa shape index (κ2) is 14.2. The molecule has 8 nitrogen and oxygen atoms in total. The molecule has 0 N–H and O–H groups in total. The average Bonchev–Trinajstić information content (AvgIpc) is 3.37. The van der Waals surface area contributed by atoms with Crippen LogP contribution in [0.4, 0.5) is 0 Å². The van der Waals surface area contributed by atoms with Gasteiger partial charge in [-0.25, -0.2) is 9.79 Å². The lowest BCUT2D eigenvalue weighted by atomic mass is 9.95. The van der Waals surface area contributed by atoms with Crippen LogP contribution in [0.1, 0.15) is 50.4 Å². The smallest absolute Gasteiger partial charge is 0.338 e. The lowest BCUT2D eigenvalue weighted by molar-refractivity contribution is -0.139. The van der Waals surface area contributed by atoms with Gasteiger partial charge in [0.25, 0.3) is 5.56 Å². The van der Waals surface area contributed by atoms with Crippen molar-refractivity contribution < 1.29 is 23.7 Å². The second-order valence-electron chi connectivity index (χ2n) is 11.5. The zero-order valence-corrected chi connectivity index (χ0v) is 29.7. The highest BCUT2D eigenvalue weighted by Crippen LogP contribution is 2.36. The SMILES string of the molecule is CCOC(=O)C1=C(C)N=c2s/c(=C\c3ccc(OCc4cccc5ccccc45)c(Br)c3)c(=O)n2[C@H]1c1ccc(OC(C)C)c(OC)c1. The summed E-state index contributed by atoms with van der Waals surface area (Å²) in [5, 5.41) is 2.32. The van der Waals surface area contributed by atoms with E-state index in [-0.39, 0.29) is 18.3 Å². The molecule has 0 saturated carbocycles. The summed E-state index contributed by atoms with van der Waals surface area (Å²) in [5.41, 5.74) is 3.08. The van der Waals surface area contributed by atoms with Gasteiger partial charge in [0, 0.05) is 0 Å². The Morgan fingerprint density at radius 2 is 1.79 bits per heavy atom. The summed E-state index contributed by atoms with van der Waals surface area (Å²) < 4.78 is 26.0. The van der Waals surface area contributed by atoms with E-state index in [2.05, 4.69) is 40.2 Å². The summed E-state index contributed by atoms with van der Waals surface area (Å²) >= 11 is 4.92. The number of aromatic nitrogens is 1. The van der Waals surface area contributed by atoms with Gasteiger partial charge in [-0.2, -0.15) is 0 Å². The maximum Gasteiger partial charge on any atom is 0.338 e. The van der Waals surface area contributed by atoms with Crippen molar-refractivity contribution in [2.45, 2.75) is 46.4 Å². The molecule has 0 amide bonds. The molecule has 0 unspecified atom stereocenters. The number of esters is 1. The molecule has 0 saturated heterocycles. The number of nitrogens with zero attached hydrogens (tertiary/aromatic N) is 2. The van der Waals surface area contributed by atoms with Crippen molar-refractivity contribution in [3.63, 3.8) is 0 Å². The van der Waals surface area contributed by atoms with Crippen molar-refractivity contribution >= 4 is 50.1 Å². The Bertz CT molecular complexity index is 2230. The Morgan fingerprint density at radius 1 is 1.02 bits per heavy atom. The number of thiazole rings is 1. The minimum Gasteiger partial charge on any atom is -0.493 e. The normalized spacial score (nSPS) is 14.6. The monoisotopic (exact) mass is 726 g/mol. The summed E-state index contributed by atoms with van der Waals surface area (Å²) in [4.78, 5) is 32.6. The van der Waals surface area contributed by atoms with E-state index < -0.39 is 12.0 Å². The summed E-state index contributed by atoms with van der Waals surface area (Å²) in [5.74, 6) is 1.23. The number of carbonyl (C=O) groups is 1. The van der Waals surface area contributed by atoms with Gasteiger partial charge >= 0.3 is 5.97 Å². The van der Waals surface area contributed by atoms with E-state index in [9.17, 15) is 9.59 Å². The molecule has 6 rings (SSSR count). The van der Waals surface area contributed by atoms with Crippen LogP contribution in [0.3, 0.4) is 0 Å². The van der Waals surface area contributed by atoms with Gasteiger partial charge in [0.15, 0.2) is 16.3 Å². The van der Waals surface area contributed by atoms with Crippen LogP contribution in [0.2, 0.25) is 0 Å². The van der Waals surface area contributed by atoms with Gasteiger partial charge in [-0.1, -0.05) is 65.9 Å². The van der Waals surface area contributed by atoms with Crippen molar-refractivity contribution in [1.29, 1.82) is 0 Å². The molecule has 1 aromatic heterocycles. The first kappa shape index (κ1) is 33.2. The van der Waals surface area contributed by atoms with Crippen molar-refractivity contribution in [3.05, 3.63) is 131 Å². The molecule has 1 aliphatic heterocycles. The van der Waals surface area contributed by atoms with Crippen LogP contribution in [0.15, 0.2) is 104 Å². The predicted molar refractivity (Wildman–Crippen MR) is 192 cm³/mol. The number of fused-ring (bicyclic) bond motifs is 2.